The number of hydrogen-bond donors (Lipinski definition) is 0. The molecule has 1 fully saturated rings. The normalized spacial score (nSPS) is 17.8. The van der Waals surface area contributed by atoms with Crippen LogP contribution in [0, 0.1) is 0 Å². The number of likely N-dealkylation sites (N-methyl/N-ethyl adjacent to an activating group) is 1. The van der Waals surface area contributed by atoms with E-state index in [0.717, 1.165) is 24.1 Å². The minimum atomic E-state index is -0.586. The van der Waals surface area contributed by atoms with Gasteiger partial charge < -0.3 is 14.5 Å². The van der Waals surface area contributed by atoms with Crippen molar-refractivity contribution in [1.29, 1.82) is 0 Å². The van der Waals surface area contributed by atoms with Gasteiger partial charge in [0.25, 0.3) is 0 Å². The summed E-state index contributed by atoms with van der Waals surface area (Å²) in [6.45, 7) is 1.35. The summed E-state index contributed by atoms with van der Waals surface area (Å²) in [5, 5.41) is 0. The number of rotatable bonds is 8. The molecule has 0 unspecified atom stereocenters. The predicted molar refractivity (Wildman–Crippen MR) is 133 cm³/mol. The molecule has 0 spiro atoms. The highest BCUT2D eigenvalue weighted by molar-refractivity contribution is 5.91. The summed E-state index contributed by atoms with van der Waals surface area (Å²) < 4.78 is 5.11. The molecule has 0 bridgehead atoms. The number of esters is 1. The molecule has 1 saturated heterocycles. The van der Waals surface area contributed by atoms with Crippen LogP contribution < -0.4 is 0 Å². The molecule has 5 nitrogen and oxygen atoms in total. The number of carbonyl (C=O) groups is 2. The van der Waals surface area contributed by atoms with Gasteiger partial charge in [-0.2, -0.15) is 0 Å². The smallest absolute Gasteiger partial charge is 0.328 e. The molecule has 0 aliphatic carbocycles. The summed E-state index contributed by atoms with van der Waals surface area (Å²) in [7, 11) is 3.46. The number of carbonyl (C=O) groups excluding carboxylic acids is 2. The van der Waals surface area contributed by atoms with Crippen molar-refractivity contribution in [3.05, 3.63) is 108 Å². The van der Waals surface area contributed by atoms with Gasteiger partial charge in [-0.1, -0.05) is 91.0 Å². The second kappa shape index (κ2) is 11.1. The van der Waals surface area contributed by atoms with Crippen LogP contribution in [0.5, 0.6) is 0 Å². The molecular weight excluding hydrogens is 424 g/mol. The summed E-state index contributed by atoms with van der Waals surface area (Å²) in [6.07, 6.45) is 1.49. The SMILES string of the molecule is COC(=O)[C@@H]1C[C@H](N(C)CCc2ccccc2)CN1C(=O)C(c1ccccc1)c1ccccc1. The average molecular weight is 457 g/mol. The van der Waals surface area contributed by atoms with Crippen LogP contribution in [0.3, 0.4) is 0 Å². The topological polar surface area (TPSA) is 49.9 Å². The number of likely N-dealkylation sites (tertiary alicyclic amines) is 1. The van der Waals surface area contributed by atoms with E-state index in [9.17, 15) is 9.59 Å². The van der Waals surface area contributed by atoms with Gasteiger partial charge in [-0.3, -0.25) is 4.79 Å². The van der Waals surface area contributed by atoms with Gasteiger partial charge in [0.05, 0.1) is 13.0 Å². The number of benzene rings is 3. The van der Waals surface area contributed by atoms with Gasteiger partial charge in [0.15, 0.2) is 0 Å². The number of hydrogen-bond acceptors (Lipinski definition) is 4. The van der Waals surface area contributed by atoms with Crippen molar-refractivity contribution in [3.63, 3.8) is 0 Å². The predicted octanol–water partition coefficient (Wildman–Crippen LogP) is 4.14. The molecule has 1 aliphatic rings. The summed E-state index contributed by atoms with van der Waals surface area (Å²) in [5.74, 6) is -0.887. The van der Waals surface area contributed by atoms with E-state index >= 15 is 0 Å². The van der Waals surface area contributed by atoms with Gasteiger partial charge >= 0.3 is 5.97 Å². The zero-order valence-electron chi connectivity index (χ0n) is 19.8. The molecule has 34 heavy (non-hydrogen) atoms. The Labute approximate surface area is 202 Å². The lowest BCUT2D eigenvalue weighted by molar-refractivity contribution is -0.151. The van der Waals surface area contributed by atoms with Crippen molar-refractivity contribution in [3.8, 4) is 0 Å². The molecule has 1 aliphatic heterocycles. The third-order valence-corrected chi connectivity index (χ3v) is 6.77. The summed E-state index contributed by atoms with van der Waals surface area (Å²) in [6, 6.07) is 29.4. The van der Waals surface area contributed by atoms with Crippen molar-refractivity contribution in [1.82, 2.24) is 9.80 Å². The van der Waals surface area contributed by atoms with Gasteiger partial charge in [-0.05, 0) is 36.6 Å². The molecule has 4 rings (SSSR count). The number of ether oxygens (including phenoxy) is 1. The van der Waals surface area contributed by atoms with Crippen LogP contribution in [0.1, 0.15) is 29.0 Å². The van der Waals surface area contributed by atoms with Gasteiger partial charge in [0.2, 0.25) is 5.91 Å². The third kappa shape index (κ3) is 5.37. The second-order valence-corrected chi connectivity index (χ2v) is 8.89. The summed E-state index contributed by atoms with van der Waals surface area (Å²) >= 11 is 0. The molecule has 2 atom stereocenters. The zero-order valence-corrected chi connectivity index (χ0v) is 19.8. The maximum Gasteiger partial charge on any atom is 0.328 e. The van der Waals surface area contributed by atoms with Gasteiger partial charge in [0, 0.05) is 19.1 Å². The molecule has 0 saturated carbocycles. The van der Waals surface area contributed by atoms with Gasteiger partial charge in [0.1, 0.15) is 6.04 Å². The highest BCUT2D eigenvalue weighted by atomic mass is 16.5. The van der Waals surface area contributed by atoms with E-state index < -0.39 is 12.0 Å². The quantitative estimate of drug-likeness (QED) is 0.478. The molecule has 0 aromatic heterocycles. The van der Waals surface area contributed by atoms with E-state index in [0.29, 0.717) is 13.0 Å². The first-order valence-corrected chi connectivity index (χ1v) is 11.8. The minimum absolute atomic E-state index is 0.0632. The monoisotopic (exact) mass is 456 g/mol. The molecule has 3 aromatic rings. The first-order valence-electron chi connectivity index (χ1n) is 11.8. The van der Waals surface area contributed by atoms with Crippen LogP contribution in [0.4, 0.5) is 0 Å². The van der Waals surface area contributed by atoms with Crippen molar-refractivity contribution in [2.75, 3.05) is 27.2 Å². The van der Waals surface area contributed by atoms with Crippen molar-refractivity contribution >= 4 is 11.9 Å². The maximum absolute atomic E-state index is 14.0. The molecule has 1 amide bonds. The van der Waals surface area contributed by atoms with E-state index in [1.54, 1.807) is 4.90 Å². The van der Waals surface area contributed by atoms with Crippen LogP contribution in [-0.4, -0.2) is 61.0 Å². The molecule has 5 heteroatoms. The Morgan fingerprint density at radius 1 is 0.912 bits per heavy atom. The van der Waals surface area contributed by atoms with Crippen molar-refractivity contribution in [2.45, 2.75) is 30.8 Å². The van der Waals surface area contributed by atoms with Gasteiger partial charge in [-0.15, -0.1) is 0 Å². The van der Waals surface area contributed by atoms with Crippen LogP contribution in [-0.2, 0) is 20.7 Å². The standard InChI is InChI=1S/C29H32N2O3/c1-30(19-18-22-12-6-3-7-13-22)25-20-26(29(33)34-2)31(21-25)28(32)27(23-14-8-4-9-15-23)24-16-10-5-11-17-24/h3-17,25-27H,18-21H2,1-2H3/t25-,26-/m0/s1. The fourth-order valence-corrected chi connectivity index (χ4v) is 4.80. The molecule has 0 N–H and O–H groups in total. The Hall–Kier alpha value is -3.44. The minimum Gasteiger partial charge on any atom is -0.467 e. The average Bonchev–Trinajstić information content (AvgIpc) is 3.35. The number of methoxy groups -OCH3 is 1. The Morgan fingerprint density at radius 3 is 1.97 bits per heavy atom. The van der Waals surface area contributed by atoms with Gasteiger partial charge in [-0.25, -0.2) is 4.79 Å². The Balaban J connectivity index is 1.57. The third-order valence-electron chi connectivity index (χ3n) is 6.77. The zero-order chi connectivity index (χ0) is 23.9. The van der Waals surface area contributed by atoms with Crippen molar-refractivity contribution < 1.29 is 14.3 Å². The van der Waals surface area contributed by atoms with Crippen molar-refractivity contribution in [2.24, 2.45) is 0 Å². The molecule has 0 radical (unpaired) electrons. The van der Waals surface area contributed by atoms with Crippen LogP contribution in [0.2, 0.25) is 0 Å². The van der Waals surface area contributed by atoms with E-state index in [-0.39, 0.29) is 17.9 Å². The lowest BCUT2D eigenvalue weighted by atomic mass is 9.90. The first kappa shape index (κ1) is 23.7. The largest absolute Gasteiger partial charge is 0.467 e. The molecule has 176 valence electrons. The Kier molecular flexibility index (Phi) is 7.76. The number of nitrogens with zero attached hydrogens (tertiary/aromatic N) is 2. The Bertz CT molecular complexity index is 1030. The fraction of sp³-hybridized carbons (Fsp3) is 0.310. The van der Waals surface area contributed by atoms with E-state index in [1.165, 1.54) is 12.7 Å². The highest BCUT2D eigenvalue weighted by Gasteiger charge is 2.44. The van der Waals surface area contributed by atoms with Crippen LogP contribution in [0.15, 0.2) is 91.0 Å². The van der Waals surface area contributed by atoms with E-state index in [4.69, 9.17) is 4.74 Å². The van der Waals surface area contributed by atoms with E-state index in [2.05, 4.69) is 24.1 Å². The summed E-state index contributed by atoms with van der Waals surface area (Å²) in [4.78, 5) is 30.8. The fourth-order valence-electron chi connectivity index (χ4n) is 4.80. The molecular formula is C29H32N2O3. The lowest BCUT2D eigenvalue weighted by Crippen LogP contribution is -2.44. The Morgan fingerprint density at radius 2 is 1.44 bits per heavy atom. The first-order chi connectivity index (χ1) is 16.6. The van der Waals surface area contributed by atoms with Crippen LogP contribution >= 0.6 is 0 Å². The molecule has 3 aromatic carbocycles. The lowest BCUT2D eigenvalue weighted by Gasteiger charge is -2.29. The number of amides is 1. The maximum atomic E-state index is 14.0. The summed E-state index contributed by atoms with van der Waals surface area (Å²) in [5.41, 5.74) is 3.12. The van der Waals surface area contributed by atoms with Crippen LogP contribution in [0.25, 0.3) is 0 Å². The van der Waals surface area contributed by atoms with E-state index in [1.807, 2.05) is 78.9 Å². The molecule has 1 heterocycles. The second-order valence-electron chi connectivity index (χ2n) is 8.89. The highest BCUT2D eigenvalue weighted by Crippen LogP contribution is 2.32.